The second-order valence-corrected chi connectivity index (χ2v) is 11.3. The summed E-state index contributed by atoms with van der Waals surface area (Å²) in [6, 6.07) is 10.6. The van der Waals surface area contributed by atoms with Crippen LogP contribution in [0.15, 0.2) is 35.7 Å². The molecule has 1 saturated heterocycles. The van der Waals surface area contributed by atoms with Crippen LogP contribution in [0.25, 0.3) is 0 Å². The summed E-state index contributed by atoms with van der Waals surface area (Å²) in [6.45, 7) is 5.27. The second kappa shape index (κ2) is 10.7. The van der Waals surface area contributed by atoms with E-state index in [9.17, 15) is 9.59 Å². The maximum absolute atomic E-state index is 13.5. The Morgan fingerprint density at radius 3 is 2.51 bits per heavy atom. The largest absolute Gasteiger partial charge is 0.497 e. The lowest BCUT2D eigenvalue weighted by molar-refractivity contribution is -0.146. The van der Waals surface area contributed by atoms with E-state index in [2.05, 4.69) is 35.4 Å². The van der Waals surface area contributed by atoms with Gasteiger partial charge in [0.1, 0.15) is 5.75 Å². The molecule has 3 heterocycles. The number of thiophene rings is 1. The molecule has 2 fully saturated rings. The fraction of sp³-hybridized carbons (Fsp3) is 0.571. The van der Waals surface area contributed by atoms with E-state index < -0.39 is 0 Å². The van der Waals surface area contributed by atoms with E-state index in [-0.39, 0.29) is 23.9 Å². The zero-order chi connectivity index (χ0) is 24.4. The van der Waals surface area contributed by atoms with Gasteiger partial charge in [0.2, 0.25) is 11.8 Å². The Balaban J connectivity index is 1.26. The zero-order valence-corrected chi connectivity index (χ0v) is 21.8. The summed E-state index contributed by atoms with van der Waals surface area (Å²) in [4.78, 5) is 34.3. The highest BCUT2D eigenvalue weighted by molar-refractivity contribution is 7.10. The van der Waals surface area contributed by atoms with Crippen molar-refractivity contribution < 1.29 is 14.3 Å². The predicted octanol–water partition coefficient (Wildman–Crippen LogP) is 4.34. The van der Waals surface area contributed by atoms with Crippen LogP contribution >= 0.6 is 11.3 Å². The quantitative estimate of drug-likeness (QED) is 0.619. The van der Waals surface area contributed by atoms with Gasteiger partial charge in [0.15, 0.2) is 0 Å². The predicted molar refractivity (Wildman–Crippen MR) is 139 cm³/mol. The summed E-state index contributed by atoms with van der Waals surface area (Å²) in [5.74, 6) is 1.50. The lowest BCUT2D eigenvalue weighted by Gasteiger charge is -2.43. The van der Waals surface area contributed by atoms with E-state index in [1.165, 1.54) is 35.3 Å². The van der Waals surface area contributed by atoms with Crippen LogP contribution in [0.1, 0.15) is 61.1 Å². The number of nitrogens with zero attached hydrogens (tertiary/aromatic N) is 3. The first kappa shape index (κ1) is 24.3. The maximum atomic E-state index is 13.5. The van der Waals surface area contributed by atoms with Crippen LogP contribution in [0.4, 0.5) is 0 Å². The molecule has 1 saturated carbocycles. The molecule has 3 aliphatic rings. The molecule has 2 atom stereocenters. The number of benzene rings is 1. The third kappa shape index (κ3) is 5.12. The molecule has 35 heavy (non-hydrogen) atoms. The van der Waals surface area contributed by atoms with Crippen molar-refractivity contribution in [1.29, 1.82) is 0 Å². The first-order chi connectivity index (χ1) is 17.0. The Morgan fingerprint density at radius 2 is 1.80 bits per heavy atom. The first-order valence-electron chi connectivity index (χ1n) is 13.1. The molecule has 2 aliphatic heterocycles. The lowest BCUT2D eigenvalue weighted by atomic mass is 9.88. The van der Waals surface area contributed by atoms with E-state index in [0.29, 0.717) is 32.1 Å². The van der Waals surface area contributed by atoms with Gasteiger partial charge in [-0.15, -0.1) is 11.3 Å². The molecule has 7 heteroatoms. The highest BCUT2D eigenvalue weighted by atomic mass is 32.1. The Hall–Kier alpha value is -2.38. The monoisotopic (exact) mass is 495 g/mol. The number of carbonyl (C=O) groups is 2. The van der Waals surface area contributed by atoms with Crippen LogP contribution in [-0.2, 0) is 16.0 Å². The third-order valence-electron chi connectivity index (χ3n) is 8.05. The minimum Gasteiger partial charge on any atom is -0.497 e. The molecule has 1 aliphatic carbocycles. The number of amides is 2. The van der Waals surface area contributed by atoms with Gasteiger partial charge < -0.3 is 14.5 Å². The third-order valence-corrected chi connectivity index (χ3v) is 9.05. The van der Waals surface area contributed by atoms with Crippen LogP contribution in [0.3, 0.4) is 0 Å². The molecule has 0 N–H and O–H groups in total. The van der Waals surface area contributed by atoms with Gasteiger partial charge >= 0.3 is 0 Å². The Labute approximate surface area is 212 Å². The zero-order valence-electron chi connectivity index (χ0n) is 20.9. The van der Waals surface area contributed by atoms with Gasteiger partial charge in [0.05, 0.1) is 19.7 Å². The molecule has 0 radical (unpaired) electrons. The van der Waals surface area contributed by atoms with Crippen molar-refractivity contribution in [3.05, 3.63) is 51.7 Å². The van der Waals surface area contributed by atoms with Gasteiger partial charge in [0, 0.05) is 43.0 Å². The van der Waals surface area contributed by atoms with Gasteiger partial charge in [-0.3, -0.25) is 14.5 Å². The van der Waals surface area contributed by atoms with E-state index in [0.717, 1.165) is 31.6 Å². The molecule has 1 aromatic heterocycles. The highest BCUT2D eigenvalue weighted by Crippen LogP contribution is 2.38. The molecule has 0 bridgehead atoms. The Bertz CT molecular complexity index is 1030. The summed E-state index contributed by atoms with van der Waals surface area (Å²) >= 11 is 1.81. The number of carbonyl (C=O) groups excluding carboxylic acids is 2. The SMILES string of the molecule is COc1ccc([C@@H]2c3ccsc3CCN2CC(=O)N2CCN(C(=O)C3CCCCC3)[C@H](C)C2)cc1. The normalized spacial score (nSPS) is 23.7. The van der Waals surface area contributed by atoms with Crippen molar-refractivity contribution >= 4 is 23.2 Å². The number of fused-ring (bicyclic) bond motifs is 1. The van der Waals surface area contributed by atoms with Crippen molar-refractivity contribution in [2.24, 2.45) is 5.92 Å². The van der Waals surface area contributed by atoms with Crippen molar-refractivity contribution in [2.45, 2.75) is 57.5 Å². The molecule has 5 rings (SSSR count). The lowest BCUT2D eigenvalue weighted by Crippen LogP contribution is -2.58. The smallest absolute Gasteiger partial charge is 0.236 e. The topological polar surface area (TPSA) is 53.1 Å². The molecule has 0 spiro atoms. The number of piperazine rings is 1. The summed E-state index contributed by atoms with van der Waals surface area (Å²) in [5.41, 5.74) is 2.50. The fourth-order valence-corrected chi connectivity index (χ4v) is 6.99. The molecule has 2 aromatic rings. The molecule has 188 valence electrons. The highest BCUT2D eigenvalue weighted by Gasteiger charge is 2.36. The number of rotatable bonds is 5. The standard InChI is InChI=1S/C28H37N3O3S/c1-20-18-29(15-16-31(20)28(33)22-6-4-3-5-7-22)26(32)19-30-14-12-25-24(13-17-35-25)27(30)21-8-10-23(34-2)11-9-21/h8-11,13,17,20,22,27H,3-7,12,14-16,18-19H2,1-2H3/t20-,27-/m1/s1. The maximum Gasteiger partial charge on any atom is 0.236 e. The average molecular weight is 496 g/mol. The van der Waals surface area contributed by atoms with Crippen LogP contribution in [0.5, 0.6) is 5.75 Å². The number of ether oxygens (including phenoxy) is 1. The fourth-order valence-electron chi connectivity index (χ4n) is 6.08. The van der Waals surface area contributed by atoms with Crippen molar-refractivity contribution in [2.75, 3.05) is 39.8 Å². The van der Waals surface area contributed by atoms with Crippen LogP contribution < -0.4 is 4.74 Å². The summed E-state index contributed by atoms with van der Waals surface area (Å²) in [6.07, 6.45) is 6.62. The number of hydrogen-bond donors (Lipinski definition) is 0. The van der Waals surface area contributed by atoms with Crippen molar-refractivity contribution in [3.63, 3.8) is 0 Å². The molecular weight excluding hydrogens is 458 g/mol. The van der Waals surface area contributed by atoms with E-state index >= 15 is 0 Å². The van der Waals surface area contributed by atoms with Crippen LogP contribution in [-0.4, -0.2) is 72.4 Å². The summed E-state index contributed by atoms with van der Waals surface area (Å²) in [7, 11) is 1.68. The van der Waals surface area contributed by atoms with Gasteiger partial charge in [-0.2, -0.15) is 0 Å². The summed E-state index contributed by atoms with van der Waals surface area (Å²) in [5, 5.41) is 2.16. The van der Waals surface area contributed by atoms with Crippen molar-refractivity contribution in [1.82, 2.24) is 14.7 Å². The minimum atomic E-state index is 0.0735. The molecule has 2 amide bonds. The van der Waals surface area contributed by atoms with Crippen molar-refractivity contribution in [3.8, 4) is 5.75 Å². The molecule has 6 nitrogen and oxygen atoms in total. The molecular formula is C28H37N3O3S. The number of methoxy groups -OCH3 is 1. The van der Waals surface area contributed by atoms with E-state index in [1.54, 1.807) is 7.11 Å². The second-order valence-electron chi connectivity index (χ2n) is 10.3. The first-order valence-corrected chi connectivity index (χ1v) is 14.0. The van der Waals surface area contributed by atoms with Gasteiger partial charge in [-0.05, 0) is 60.9 Å². The average Bonchev–Trinajstić information content (AvgIpc) is 3.37. The van der Waals surface area contributed by atoms with E-state index in [1.807, 2.05) is 33.3 Å². The number of hydrogen-bond acceptors (Lipinski definition) is 5. The van der Waals surface area contributed by atoms with Gasteiger partial charge in [-0.1, -0.05) is 31.4 Å². The van der Waals surface area contributed by atoms with Gasteiger partial charge in [0.25, 0.3) is 0 Å². The Kier molecular flexibility index (Phi) is 7.44. The van der Waals surface area contributed by atoms with Crippen LogP contribution in [0, 0.1) is 5.92 Å². The summed E-state index contributed by atoms with van der Waals surface area (Å²) < 4.78 is 5.36. The molecule has 0 unspecified atom stereocenters. The van der Waals surface area contributed by atoms with Crippen LogP contribution in [0.2, 0.25) is 0 Å². The molecule has 1 aromatic carbocycles. The van der Waals surface area contributed by atoms with Gasteiger partial charge in [-0.25, -0.2) is 0 Å². The minimum absolute atomic E-state index is 0.0735. The Morgan fingerprint density at radius 1 is 1.03 bits per heavy atom. The van der Waals surface area contributed by atoms with E-state index in [4.69, 9.17) is 4.74 Å².